The Morgan fingerprint density at radius 2 is 1.89 bits per heavy atom. The lowest BCUT2D eigenvalue weighted by Crippen LogP contribution is -2.05. The molecule has 1 nitrogen and oxygen atoms in total. The first kappa shape index (κ1) is 14.4. The number of aliphatic hydroxyl groups excluding tert-OH is 1. The van der Waals surface area contributed by atoms with Gasteiger partial charge in [-0.15, -0.1) is 0 Å². The zero-order chi connectivity index (χ0) is 14.0. The predicted molar refractivity (Wildman–Crippen MR) is 74.2 cm³/mol. The molecule has 0 aliphatic rings. The van der Waals surface area contributed by atoms with Gasteiger partial charge in [0.25, 0.3) is 0 Å². The van der Waals surface area contributed by atoms with E-state index >= 15 is 0 Å². The molecule has 1 atom stereocenters. The molecule has 0 radical (unpaired) electrons. The summed E-state index contributed by atoms with van der Waals surface area (Å²) in [5, 5.41) is 10.4. The molecule has 100 valence electrons. The van der Waals surface area contributed by atoms with Gasteiger partial charge in [0.15, 0.2) is 0 Å². The first-order chi connectivity index (χ1) is 8.99. The molecular weight excluding hydrogens is 338 g/mol. The largest absolute Gasteiger partial charge is 0.388 e. The molecule has 1 unspecified atom stereocenters. The third-order valence-corrected chi connectivity index (χ3v) is 3.89. The van der Waals surface area contributed by atoms with Crippen LogP contribution in [0.3, 0.4) is 0 Å². The third kappa shape index (κ3) is 3.32. The van der Waals surface area contributed by atoms with Crippen molar-refractivity contribution in [3.63, 3.8) is 0 Å². The molecular formula is C14H10BrClF2O. The van der Waals surface area contributed by atoms with Crippen molar-refractivity contribution in [2.45, 2.75) is 12.5 Å². The zero-order valence-corrected chi connectivity index (χ0v) is 12.0. The average molecular weight is 348 g/mol. The van der Waals surface area contributed by atoms with E-state index in [1.807, 2.05) is 0 Å². The highest BCUT2D eigenvalue weighted by Gasteiger charge is 2.16. The Bertz CT molecular complexity index is 604. The summed E-state index contributed by atoms with van der Waals surface area (Å²) in [6, 6.07) is 8.48. The van der Waals surface area contributed by atoms with Crippen molar-refractivity contribution in [3.8, 4) is 0 Å². The van der Waals surface area contributed by atoms with E-state index in [1.165, 1.54) is 30.3 Å². The van der Waals surface area contributed by atoms with Gasteiger partial charge in [-0.3, -0.25) is 0 Å². The molecule has 19 heavy (non-hydrogen) atoms. The van der Waals surface area contributed by atoms with Gasteiger partial charge in [0.2, 0.25) is 0 Å². The highest BCUT2D eigenvalue weighted by molar-refractivity contribution is 9.10. The van der Waals surface area contributed by atoms with E-state index in [0.29, 0.717) is 10.6 Å². The number of benzene rings is 2. The molecule has 0 saturated heterocycles. The lowest BCUT2D eigenvalue weighted by molar-refractivity contribution is 0.173. The quantitative estimate of drug-likeness (QED) is 0.856. The Balaban J connectivity index is 2.28. The van der Waals surface area contributed by atoms with E-state index in [1.54, 1.807) is 6.07 Å². The third-order valence-electron chi connectivity index (χ3n) is 2.76. The molecule has 2 rings (SSSR count). The van der Waals surface area contributed by atoms with Crippen LogP contribution < -0.4 is 0 Å². The molecule has 2 aromatic carbocycles. The smallest absolute Gasteiger partial charge is 0.137 e. The second-order valence-corrected chi connectivity index (χ2v) is 5.33. The van der Waals surface area contributed by atoms with Gasteiger partial charge in [-0.1, -0.05) is 23.7 Å². The number of halogens is 4. The zero-order valence-electron chi connectivity index (χ0n) is 9.71. The van der Waals surface area contributed by atoms with Crippen LogP contribution in [0.1, 0.15) is 17.2 Å². The summed E-state index contributed by atoms with van der Waals surface area (Å²) in [6.45, 7) is 0. The van der Waals surface area contributed by atoms with E-state index in [0.717, 1.165) is 0 Å². The van der Waals surface area contributed by atoms with E-state index in [4.69, 9.17) is 11.6 Å². The van der Waals surface area contributed by atoms with Crippen molar-refractivity contribution in [1.82, 2.24) is 0 Å². The summed E-state index contributed by atoms with van der Waals surface area (Å²) in [5.74, 6) is -0.958. The average Bonchev–Trinajstić information content (AvgIpc) is 2.38. The second kappa shape index (κ2) is 5.99. The van der Waals surface area contributed by atoms with Crippen LogP contribution >= 0.6 is 27.5 Å². The molecule has 0 fully saturated rings. The van der Waals surface area contributed by atoms with E-state index in [9.17, 15) is 13.9 Å². The number of hydrogen-bond acceptors (Lipinski definition) is 1. The van der Waals surface area contributed by atoms with Crippen LogP contribution in [0.5, 0.6) is 0 Å². The number of hydrogen-bond donors (Lipinski definition) is 1. The van der Waals surface area contributed by atoms with Gasteiger partial charge in [-0.25, -0.2) is 8.78 Å². The van der Waals surface area contributed by atoms with Gasteiger partial charge in [0, 0.05) is 17.0 Å². The van der Waals surface area contributed by atoms with Gasteiger partial charge in [-0.05, 0) is 45.8 Å². The number of rotatable bonds is 3. The molecule has 0 spiro atoms. The molecule has 0 heterocycles. The summed E-state index contributed by atoms with van der Waals surface area (Å²) in [4.78, 5) is 0. The van der Waals surface area contributed by atoms with Crippen molar-refractivity contribution in [1.29, 1.82) is 0 Å². The fourth-order valence-corrected chi connectivity index (χ4v) is 2.40. The molecule has 0 bridgehead atoms. The highest BCUT2D eigenvalue weighted by atomic mass is 79.9. The van der Waals surface area contributed by atoms with Crippen LogP contribution in [0.2, 0.25) is 5.02 Å². The highest BCUT2D eigenvalue weighted by Crippen LogP contribution is 2.28. The van der Waals surface area contributed by atoms with Gasteiger partial charge >= 0.3 is 0 Å². The Hall–Kier alpha value is -0.970. The Labute approximate surface area is 123 Å². The van der Waals surface area contributed by atoms with Gasteiger partial charge in [0.05, 0.1) is 10.6 Å². The molecule has 0 aliphatic carbocycles. The first-order valence-electron chi connectivity index (χ1n) is 5.55. The maximum Gasteiger partial charge on any atom is 0.137 e. The maximum atomic E-state index is 13.6. The van der Waals surface area contributed by atoms with Crippen LogP contribution in [0.25, 0.3) is 0 Å². The van der Waals surface area contributed by atoms with Crippen molar-refractivity contribution in [2.24, 2.45) is 0 Å². The number of aliphatic hydroxyl groups is 1. The molecule has 0 saturated carbocycles. The summed E-state index contributed by atoms with van der Waals surface area (Å²) in [5.41, 5.74) is 0.663. The Morgan fingerprint density at radius 3 is 2.63 bits per heavy atom. The minimum absolute atomic E-state index is 0.0929. The van der Waals surface area contributed by atoms with Crippen molar-refractivity contribution in [2.75, 3.05) is 0 Å². The van der Waals surface area contributed by atoms with E-state index in [-0.39, 0.29) is 16.5 Å². The first-order valence-corrected chi connectivity index (χ1v) is 6.72. The lowest BCUT2D eigenvalue weighted by Gasteiger charge is -2.13. The Kier molecular flexibility index (Phi) is 4.55. The summed E-state index contributed by atoms with van der Waals surface area (Å²) < 4.78 is 27.2. The van der Waals surface area contributed by atoms with Gasteiger partial charge in [-0.2, -0.15) is 0 Å². The fourth-order valence-electron chi connectivity index (χ4n) is 1.79. The fraction of sp³-hybridized carbons (Fsp3) is 0.143. The standard InChI is InChI=1S/C14H10BrClF2O/c15-14-8(2-1-3-12(14)18)6-13(19)10-7-9(16)4-5-11(10)17/h1-5,7,13,19H,6H2. The summed E-state index contributed by atoms with van der Waals surface area (Å²) >= 11 is 8.88. The monoisotopic (exact) mass is 346 g/mol. The molecule has 0 aliphatic heterocycles. The van der Waals surface area contributed by atoms with E-state index < -0.39 is 17.7 Å². The Morgan fingerprint density at radius 1 is 1.16 bits per heavy atom. The van der Waals surface area contributed by atoms with Gasteiger partial charge in [0.1, 0.15) is 11.6 Å². The molecule has 1 N–H and O–H groups in total. The van der Waals surface area contributed by atoms with Crippen LogP contribution in [-0.2, 0) is 6.42 Å². The molecule has 2 aromatic rings. The maximum absolute atomic E-state index is 13.6. The summed E-state index contributed by atoms with van der Waals surface area (Å²) in [7, 11) is 0. The van der Waals surface area contributed by atoms with Crippen LogP contribution in [0.4, 0.5) is 8.78 Å². The van der Waals surface area contributed by atoms with Crippen LogP contribution in [0.15, 0.2) is 40.9 Å². The summed E-state index contributed by atoms with van der Waals surface area (Å²) in [6.07, 6.45) is -0.993. The lowest BCUT2D eigenvalue weighted by atomic mass is 10.0. The van der Waals surface area contributed by atoms with E-state index in [2.05, 4.69) is 15.9 Å². The SMILES string of the molecule is OC(Cc1cccc(F)c1Br)c1cc(Cl)ccc1F. The van der Waals surface area contributed by atoms with Crippen LogP contribution in [-0.4, -0.2) is 5.11 Å². The second-order valence-electron chi connectivity index (χ2n) is 4.10. The van der Waals surface area contributed by atoms with Crippen LogP contribution in [0, 0.1) is 11.6 Å². The van der Waals surface area contributed by atoms with Crippen molar-refractivity contribution in [3.05, 3.63) is 68.7 Å². The topological polar surface area (TPSA) is 20.2 Å². The molecule has 5 heteroatoms. The minimum Gasteiger partial charge on any atom is -0.388 e. The minimum atomic E-state index is -1.09. The molecule has 0 amide bonds. The predicted octanol–water partition coefficient (Wildman–Crippen LogP) is 4.66. The van der Waals surface area contributed by atoms with Gasteiger partial charge < -0.3 is 5.11 Å². The van der Waals surface area contributed by atoms with Crippen molar-refractivity contribution >= 4 is 27.5 Å². The van der Waals surface area contributed by atoms with Crippen molar-refractivity contribution < 1.29 is 13.9 Å². The normalized spacial score (nSPS) is 12.5. The molecule has 0 aromatic heterocycles.